The maximum atomic E-state index is 11.8. The lowest BCUT2D eigenvalue weighted by Gasteiger charge is -2.11. The largest absolute Gasteiger partial charge is 0.478 e. The Labute approximate surface area is 369 Å². The number of nitrogen functional groups attached to an aromatic ring is 2. The molecule has 348 valence electrons. The number of ether oxygens (including phenoxy) is 3. The van der Waals surface area contributed by atoms with E-state index in [4.69, 9.17) is 42.1 Å². The summed E-state index contributed by atoms with van der Waals surface area (Å²) >= 11 is 0. The molecule has 0 saturated heterocycles. The number of anilines is 2. The first-order valence-electron chi connectivity index (χ1n) is 19.1. The van der Waals surface area contributed by atoms with Crippen LogP contribution in [0, 0.1) is 0 Å². The lowest BCUT2D eigenvalue weighted by Crippen LogP contribution is -2.55. The van der Waals surface area contributed by atoms with E-state index in [2.05, 4.69) is 14.2 Å². The van der Waals surface area contributed by atoms with E-state index in [1.165, 1.54) is 61.7 Å². The molecule has 0 amide bonds. The second-order valence-electron chi connectivity index (χ2n) is 12.9. The maximum Gasteiger partial charge on any atom is 0.346 e. The number of esters is 4. The Morgan fingerprint density at radius 2 is 0.846 bits per heavy atom. The number of fused-ring (bicyclic) bond motifs is 1. The first-order valence-corrected chi connectivity index (χ1v) is 19.1. The number of hydrogen-bond acceptors (Lipinski definition) is 18. The zero-order valence-electron chi connectivity index (χ0n) is 35.2. The van der Waals surface area contributed by atoms with Crippen LogP contribution in [-0.2, 0) is 40.3 Å². The number of aliphatic hydroxyl groups excluding tert-OH is 5. The minimum Gasteiger partial charge on any atom is -0.478 e. The predicted molar refractivity (Wildman–Crippen MR) is 231 cm³/mol. The van der Waals surface area contributed by atoms with Gasteiger partial charge in [-0.15, -0.1) is 0 Å². The second-order valence-corrected chi connectivity index (χ2v) is 12.9. The predicted octanol–water partition coefficient (Wildman–Crippen LogP) is -0.483. The molecular formula is C43H49N5O17. The van der Waals surface area contributed by atoms with Crippen molar-refractivity contribution in [2.45, 2.75) is 26.1 Å². The van der Waals surface area contributed by atoms with E-state index in [1.807, 2.05) is 48.5 Å². The number of hydrogen-bond donors (Lipinski definition) is 8. The highest BCUT2D eigenvalue weighted by atomic mass is 16.6. The summed E-state index contributed by atoms with van der Waals surface area (Å²) in [7, 11) is 2.60. The Kier molecular flexibility index (Phi) is 22.4. The Morgan fingerprint density at radius 3 is 1.15 bits per heavy atom. The number of aliphatic hydroxyl groups is 5. The molecule has 0 aliphatic carbocycles. The van der Waals surface area contributed by atoms with E-state index in [0.717, 1.165) is 23.9 Å². The van der Waals surface area contributed by atoms with E-state index in [-0.39, 0.29) is 49.5 Å². The third-order valence-corrected chi connectivity index (χ3v) is 8.44. The van der Waals surface area contributed by atoms with Crippen molar-refractivity contribution in [2.24, 2.45) is 0 Å². The molecule has 0 saturated carbocycles. The van der Waals surface area contributed by atoms with Crippen LogP contribution in [-0.4, -0.2) is 121 Å². The summed E-state index contributed by atoms with van der Waals surface area (Å²) in [5, 5.41) is 50.2. The van der Waals surface area contributed by atoms with Crippen molar-refractivity contribution >= 4 is 41.2 Å². The van der Waals surface area contributed by atoms with Gasteiger partial charge in [-0.25, -0.2) is 52.1 Å². The van der Waals surface area contributed by atoms with Gasteiger partial charge in [-0.05, 0) is 84.3 Å². The number of nitrogens with zero attached hydrogens (tertiary/aromatic N) is 3. The molecule has 22 nitrogen and oxygen atoms in total. The van der Waals surface area contributed by atoms with Gasteiger partial charge >= 0.3 is 46.9 Å². The normalized spacial score (nSPS) is 10.8. The zero-order valence-corrected chi connectivity index (χ0v) is 35.2. The van der Waals surface area contributed by atoms with E-state index < -0.39 is 66.7 Å². The Hall–Kier alpha value is -7.76. The van der Waals surface area contributed by atoms with Gasteiger partial charge in [0, 0.05) is 11.4 Å². The number of aromatic nitrogens is 3. The van der Waals surface area contributed by atoms with Crippen LogP contribution in [0.2, 0.25) is 0 Å². The average molecular weight is 908 g/mol. The molecule has 22 heteroatoms. The highest BCUT2D eigenvalue weighted by Crippen LogP contribution is 2.21. The van der Waals surface area contributed by atoms with Crippen molar-refractivity contribution in [3.05, 3.63) is 161 Å². The topological polar surface area (TPSA) is 352 Å². The number of carbonyl (C=O) groups is 5. The molecule has 5 aromatic rings. The molecule has 1 aromatic heterocycles. The van der Waals surface area contributed by atoms with Gasteiger partial charge in [0.25, 0.3) is 0 Å². The van der Waals surface area contributed by atoms with E-state index >= 15 is 0 Å². The smallest absolute Gasteiger partial charge is 0.346 e. The van der Waals surface area contributed by atoms with Crippen molar-refractivity contribution < 1.29 is 68.8 Å². The summed E-state index contributed by atoms with van der Waals surface area (Å²) in [6.45, 7) is -2.33. The third-order valence-electron chi connectivity index (χ3n) is 8.44. The van der Waals surface area contributed by atoms with Gasteiger partial charge in [0.05, 0.1) is 94.7 Å². The molecule has 1 aliphatic heterocycles. The van der Waals surface area contributed by atoms with E-state index in [9.17, 15) is 38.4 Å². The van der Waals surface area contributed by atoms with Gasteiger partial charge in [-0.2, -0.15) is 0 Å². The fourth-order valence-electron chi connectivity index (χ4n) is 5.26. The molecule has 65 heavy (non-hydrogen) atoms. The Bertz CT molecular complexity index is 2360. The number of nitrogens with two attached hydrogens (primary N) is 2. The molecule has 6 rings (SSSR count). The minimum absolute atomic E-state index is 0.00917. The number of methoxy groups -OCH3 is 2. The number of carbonyl (C=O) groups excluding carboxylic acids is 4. The maximum absolute atomic E-state index is 11.8. The van der Waals surface area contributed by atoms with Crippen LogP contribution in [0.1, 0.15) is 62.9 Å². The van der Waals surface area contributed by atoms with Gasteiger partial charge in [-0.3, -0.25) is 0 Å². The summed E-state index contributed by atoms with van der Waals surface area (Å²) in [5.74, 6) is -3.54. The van der Waals surface area contributed by atoms with Gasteiger partial charge in [0.1, 0.15) is 0 Å². The van der Waals surface area contributed by atoms with Crippen molar-refractivity contribution in [3.63, 3.8) is 0 Å². The summed E-state index contributed by atoms with van der Waals surface area (Å²) in [4.78, 5) is 89.9. The minimum atomic E-state index is -1.15. The van der Waals surface area contributed by atoms with Crippen LogP contribution in [0.15, 0.2) is 105 Å². The van der Waals surface area contributed by atoms with Crippen molar-refractivity contribution in [3.8, 4) is 0 Å². The SMILES string of the molecule is COC(=O)c1ccc(C(=O)OC)cc1.Nc1ccc(Cc2ccc(N)cc2)cc1.O=C(O)c1ccc2c(c1)C(=O)OC2=O.O=c1n(CCO)c(=O)n(CCO)c(=O)n1CCO.OCCO. The molecule has 0 atom stereocenters. The monoisotopic (exact) mass is 907 g/mol. The Balaban J connectivity index is 0.000000291. The standard InChI is InChI=1S/C13H14N2.C10H10O4.C9H15N3O6.C9H4O5.C2H6O2/c14-12-5-1-10(2-6-12)9-11-3-7-13(15)8-4-11;1-13-9(11)7-3-5-8(6-4-7)10(12)14-2;13-4-1-10-7(16)11(2-5-14)9(18)12(3-6-15)8(10)17;10-7(11)4-1-2-5-6(3-4)9(13)14-8(5)12;3-1-2-4/h1-8H,9,14-15H2;3-6H,1-2H3;13-15H,1-6H2;1-3H,(H,10,11);3-4H,1-2H2. The lowest BCUT2D eigenvalue weighted by molar-refractivity contribution is 0.0441. The number of rotatable bonds is 12. The third kappa shape index (κ3) is 16.1. The number of benzene rings is 4. The van der Waals surface area contributed by atoms with Gasteiger partial charge in [0.2, 0.25) is 0 Å². The highest BCUT2D eigenvalue weighted by molar-refractivity contribution is 6.15. The molecular weight excluding hydrogens is 858 g/mol. The van der Waals surface area contributed by atoms with Crippen LogP contribution in [0.5, 0.6) is 0 Å². The number of carboxylic acids is 1. The fraction of sp³-hybridized carbons (Fsp3) is 0.256. The number of cyclic esters (lactones) is 2. The first-order chi connectivity index (χ1) is 31.0. The number of carboxylic acid groups (broad SMARTS) is 1. The summed E-state index contributed by atoms with van der Waals surface area (Å²) in [6, 6.07) is 25.6. The van der Waals surface area contributed by atoms with Crippen LogP contribution in [0.25, 0.3) is 0 Å². The van der Waals surface area contributed by atoms with E-state index in [1.54, 1.807) is 0 Å². The molecule has 0 spiro atoms. The van der Waals surface area contributed by atoms with Gasteiger partial charge < -0.3 is 56.3 Å². The second kappa shape index (κ2) is 27.3. The van der Waals surface area contributed by atoms with Crippen LogP contribution < -0.4 is 28.5 Å². The van der Waals surface area contributed by atoms with Crippen LogP contribution >= 0.6 is 0 Å². The molecule has 1 aliphatic rings. The number of aromatic carboxylic acids is 1. The molecule has 10 N–H and O–H groups in total. The summed E-state index contributed by atoms with van der Waals surface area (Å²) < 4.78 is 15.4. The molecule has 0 radical (unpaired) electrons. The zero-order chi connectivity index (χ0) is 48.6. The molecule has 0 fully saturated rings. The molecule has 4 aromatic carbocycles. The van der Waals surface area contributed by atoms with Crippen LogP contribution in [0.3, 0.4) is 0 Å². The lowest BCUT2D eigenvalue weighted by atomic mass is 10.0. The van der Waals surface area contributed by atoms with Gasteiger partial charge in [-0.1, -0.05) is 24.3 Å². The molecule has 0 unspecified atom stereocenters. The molecule has 0 bridgehead atoms. The van der Waals surface area contributed by atoms with Gasteiger partial charge in [0.15, 0.2) is 0 Å². The van der Waals surface area contributed by atoms with Crippen molar-refractivity contribution in [1.82, 2.24) is 13.7 Å². The first kappa shape index (κ1) is 53.4. The van der Waals surface area contributed by atoms with Crippen LogP contribution in [0.4, 0.5) is 11.4 Å². The average Bonchev–Trinajstić information content (AvgIpc) is 3.61. The highest BCUT2D eigenvalue weighted by Gasteiger charge is 2.30. The Morgan fingerprint density at radius 1 is 0.508 bits per heavy atom. The quantitative estimate of drug-likeness (QED) is 0.0339. The fourth-order valence-corrected chi connectivity index (χ4v) is 5.26. The van der Waals surface area contributed by atoms with Crippen molar-refractivity contribution in [1.29, 1.82) is 0 Å². The summed E-state index contributed by atoms with van der Waals surface area (Å²) in [5.41, 5.74) is 13.6. The molecule has 2 heterocycles. The van der Waals surface area contributed by atoms with Crippen molar-refractivity contribution in [2.75, 3.05) is 58.7 Å². The summed E-state index contributed by atoms with van der Waals surface area (Å²) in [6.07, 6.45) is 0.917. The van der Waals surface area contributed by atoms with E-state index in [0.29, 0.717) is 24.8 Å².